The van der Waals surface area contributed by atoms with Crippen LogP contribution in [0, 0.1) is 0 Å². The molecular formula is C26H25BrO. The average molecular weight is 433 g/mol. The first-order valence-corrected chi connectivity index (χ1v) is 11.3. The van der Waals surface area contributed by atoms with E-state index in [9.17, 15) is 4.79 Å². The Balaban J connectivity index is 1.63. The molecule has 0 N–H and O–H groups in total. The fourth-order valence-corrected chi connectivity index (χ4v) is 4.71. The van der Waals surface area contributed by atoms with Crippen molar-refractivity contribution in [3.8, 4) is 11.1 Å². The summed E-state index contributed by atoms with van der Waals surface area (Å²) in [5, 5.41) is 1.09. The summed E-state index contributed by atoms with van der Waals surface area (Å²) < 4.78 is 0. The van der Waals surface area contributed by atoms with Gasteiger partial charge >= 0.3 is 0 Å². The Kier molecular flexibility index (Phi) is 6.07. The van der Waals surface area contributed by atoms with Crippen molar-refractivity contribution in [1.82, 2.24) is 0 Å². The van der Waals surface area contributed by atoms with Gasteiger partial charge in [-0.3, -0.25) is 4.79 Å². The summed E-state index contributed by atoms with van der Waals surface area (Å²) in [6, 6.07) is 24.6. The number of ketones is 1. The SMILES string of the molecule is O=C(c1ccccc1)c1ccc2c(c1)C(CCCCCCBr)c1ccccc1-2. The molecular weight excluding hydrogens is 408 g/mol. The van der Waals surface area contributed by atoms with E-state index < -0.39 is 0 Å². The summed E-state index contributed by atoms with van der Waals surface area (Å²) in [5.74, 6) is 0.508. The molecule has 1 aliphatic rings. The number of carbonyl (C=O) groups excluding carboxylic acids is 1. The zero-order valence-electron chi connectivity index (χ0n) is 16.0. The van der Waals surface area contributed by atoms with E-state index in [1.54, 1.807) is 0 Å². The van der Waals surface area contributed by atoms with Crippen molar-refractivity contribution >= 4 is 21.7 Å². The van der Waals surface area contributed by atoms with Crippen LogP contribution in [0.25, 0.3) is 11.1 Å². The predicted molar refractivity (Wildman–Crippen MR) is 120 cm³/mol. The van der Waals surface area contributed by atoms with E-state index in [0.717, 1.165) is 22.9 Å². The number of hydrogen-bond donors (Lipinski definition) is 0. The van der Waals surface area contributed by atoms with Gasteiger partial charge in [0.1, 0.15) is 0 Å². The highest BCUT2D eigenvalue weighted by molar-refractivity contribution is 9.09. The summed E-state index contributed by atoms with van der Waals surface area (Å²) in [6.45, 7) is 0. The van der Waals surface area contributed by atoms with Crippen LogP contribution in [0.1, 0.15) is 65.1 Å². The van der Waals surface area contributed by atoms with Gasteiger partial charge in [0.2, 0.25) is 0 Å². The van der Waals surface area contributed by atoms with Gasteiger partial charge in [-0.25, -0.2) is 0 Å². The van der Waals surface area contributed by atoms with Crippen LogP contribution >= 0.6 is 15.9 Å². The molecule has 28 heavy (non-hydrogen) atoms. The molecule has 3 aromatic carbocycles. The van der Waals surface area contributed by atoms with E-state index in [1.165, 1.54) is 47.9 Å². The van der Waals surface area contributed by atoms with Crippen molar-refractivity contribution in [2.24, 2.45) is 0 Å². The fraction of sp³-hybridized carbons (Fsp3) is 0.269. The molecule has 1 atom stereocenters. The van der Waals surface area contributed by atoms with Crippen LogP contribution in [0.4, 0.5) is 0 Å². The molecule has 0 saturated carbocycles. The van der Waals surface area contributed by atoms with Crippen LogP contribution in [-0.4, -0.2) is 11.1 Å². The minimum Gasteiger partial charge on any atom is -0.289 e. The topological polar surface area (TPSA) is 17.1 Å². The first-order chi connectivity index (χ1) is 13.8. The number of rotatable bonds is 8. The fourth-order valence-electron chi connectivity index (χ4n) is 4.31. The van der Waals surface area contributed by atoms with E-state index in [1.807, 2.05) is 36.4 Å². The summed E-state index contributed by atoms with van der Waals surface area (Å²) >= 11 is 3.52. The molecule has 0 saturated heterocycles. The molecule has 0 aliphatic heterocycles. The van der Waals surface area contributed by atoms with Crippen LogP contribution in [0.5, 0.6) is 0 Å². The van der Waals surface area contributed by atoms with Crippen LogP contribution in [-0.2, 0) is 0 Å². The molecule has 142 valence electrons. The standard InChI is InChI=1S/C26H25BrO/c27-17-9-2-1-6-12-23-21-13-7-8-14-22(21)24-16-15-20(18-25(23)24)26(28)19-10-4-3-5-11-19/h3-5,7-8,10-11,13-16,18,23H,1-2,6,9,12,17H2. The predicted octanol–water partition coefficient (Wildman–Crippen LogP) is 7.38. The van der Waals surface area contributed by atoms with E-state index >= 15 is 0 Å². The summed E-state index contributed by atoms with van der Waals surface area (Å²) in [7, 11) is 0. The zero-order valence-corrected chi connectivity index (χ0v) is 17.6. The molecule has 3 aromatic rings. The third kappa shape index (κ3) is 3.84. The Morgan fingerprint density at radius 1 is 0.714 bits per heavy atom. The third-order valence-corrected chi connectivity index (χ3v) is 6.29. The Labute approximate surface area is 175 Å². The summed E-state index contributed by atoms with van der Waals surface area (Å²) in [4.78, 5) is 13.0. The van der Waals surface area contributed by atoms with Crippen molar-refractivity contribution in [1.29, 1.82) is 0 Å². The molecule has 0 heterocycles. The first kappa shape index (κ1) is 19.1. The van der Waals surface area contributed by atoms with Gasteiger partial charge in [-0.15, -0.1) is 0 Å². The molecule has 1 unspecified atom stereocenters. The van der Waals surface area contributed by atoms with Crippen LogP contribution in [0.3, 0.4) is 0 Å². The second-order valence-corrected chi connectivity index (χ2v) is 8.32. The highest BCUT2D eigenvalue weighted by Crippen LogP contribution is 2.47. The molecule has 0 radical (unpaired) electrons. The number of hydrogen-bond acceptors (Lipinski definition) is 1. The molecule has 0 bridgehead atoms. The molecule has 0 aromatic heterocycles. The smallest absolute Gasteiger partial charge is 0.193 e. The maximum absolute atomic E-state index is 13.0. The van der Waals surface area contributed by atoms with Crippen molar-refractivity contribution in [3.63, 3.8) is 0 Å². The van der Waals surface area contributed by atoms with Crippen molar-refractivity contribution in [2.45, 2.75) is 38.0 Å². The highest BCUT2D eigenvalue weighted by Gasteiger charge is 2.28. The van der Waals surface area contributed by atoms with Crippen LogP contribution in [0.2, 0.25) is 0 Å². The molecule has 4 rings (SSSR count). The van der Waals surface area contributed by atoms with Gasteiger partial charge in [-0.05, 0) is 41.2 Å². The quantitative estimate of drug-likeness (QED) is 0.206. The van der Waals surface area contributed by atoms with E-state index in [0.29, 0.717) is 5.92 Å². The van der Waals surface area contributed by atoms with Gasteiger partial charge in [0, 0.05) is 22.4 Å². The maximum atomic E-state index is 13.0. The lowest BCUT2D eigenvalue weighted by Gasteiger charge is -2.14. The third-order valence-electron chi connectivity index (χ3n) is 5.73. The number of benzene rings is 3. The molecule has 0 spiro atoms. The Morgan fingerprint density at radius 2 is 1.43 bits per heavy atom. The van der Waals surface area contributed by atoms with Gasteiger partial charge in [-0.1, -0.05) is 102 Å². The lowest BCUT2D eigenvalue weighted by molar-refractivity contribution is 0.103. The van der Waals surface area contributed by atoms with Crippen LogP contribution < -0.4 is 0 Å². The van der Waals surface area contributed by atoms with Crippen molar-refractivity contribution in [3.05, 3.63) is 95.1 Å². The van der Waals surface area contributed by atoms with Gasteiger partial charge in [0.15, 0.2) is 5.78 Å². The number of halogens is 1. The van der Waals surface area contributed by atoms with Crippen molar-refractivity contribution in [2.75, 3.05) is 5.33 Å². The molecule has 1 aliphatic carbocycles. The number of alkyl halides is 1. The Hall–Kier alpha value is -2.19. The lowest BCUT2D eigenvalue weighted by Crippen LogP contribution is -2.03. The monoisotopic (exact) mass is 432 g/mol. The van der Waals surface area contributed by atoms with Gasteiger partial charge in [0.25, 0.3) is 0 Å². The second kappa shape index (κ2) is 8.87. The zero-order chi connectivity index (χ0) is 19.3. The highest BCUT2D eigenvalue weighted by atomic mass is 79.9. The summed E-state index contributed by atoms with van der Waals surface area (Å²) in [5.41, 5.74) is 6.92. The normalized spacial score (nSPS) is 14.5. The van der Waals surface area contributed by atoms with Gasteiger partial charge in [0.05, 0.1) is 0 Å². The lowest BCUT2D eigenvalue weighted by atomic mass is 9.89. The minimum absolute atomic E-state index is 0.107. The van der Waals surface area contributed by atoms with E-state index in [2.05, 4.69) is 52.3 Å². The second-order valence-electron chi connectivity index (χ2n) is 7.53. The van der Waals surface area contributed by atoms with E-state index in [-0.39, 0.29) is 5.78 Å². The largest absolute Gasteiger partial charge is 0.289 e. The summed E-state index contributed by atoms with van der Waals surface area (Å²) in [6.07, 6.45) is 6.16. The Bertz CT molecular complexity index is 961. The minimum atomic E-state index is 0.107. The Morgan fingerprint density at radius 3 is 2.25 bits per heavy atom. The average Bonchev–Trinajstić information content (AvgIpc) is 3.07. The number of unbranched alkanes of at least 4 members (excludes halogenated alkanes) is 3. The van der Waals surface area contributed by atoms with Gasteiger partial charge < -0.3 is 0 Å². The van der Waals surface area contributed by atoms with Crippen molar-refractivity contribution < 1.29 is 4.79 Å². The molecule has 1 nitrogen and oxygen atoms in total. The first-order valence-electron chi connectivity index (χ1n) is 10.2. The van der Waals surface area contributed by atoms with Gasteiger partial charge in [-0.2, -0.15) is 0 Å². The number of fused-ring (bicyclic) bond motifs is 3. The molecule has 2 heteroatoms. The molecule has 0 fully saturated rings. The van der Waals surface area contributed by atoms with Crippen LogP contribution in [0.15, 0.2) is 72.8 Å². The maximum Gasteiger partial charge on any atom is 0.193 e. The molecule has 0 amide bonds. The number of carbonyl (C=O) groups is 1. The van der Waals surface area contributed by atoms with E-state index in [4.69, 9.17) is 0 Å².